The third-order valence-electron chi connectivity index (χ3n) is 4.82. The van der Waals surface area contributed by atoms with Crippen LogP contribution in [0.5, 0.6) is 11.5 Å². The molecule has 0 atom stereocenters. The molecule has 4 aromatic rings. The zero-order chi connectivity index (χ0) is 22.1. The summed E-state index contributed by atoms with van der Waals surface area (Å²) in [6, 6.07) is 14.9. The summed E-state index contributed by atoms with van der Waals surface area (Å²) in [5.74, 6) is 1.33. The van der Waals surface area contributed by atoms with Gasteiger partial charge < -0.3 is 14.8 Å². The topological polar surface area (TPSA) is 90.4 Å². The van der Waals surface area contributed by atoms with Gasteiger partial charge >= 0.3 is 0 Å². The lowest BCUT2D eigenvalue weighted by molar-refractivity contribution is -0.113. The first-order chi connectivity index (χ1) is 15.6. The zero-order valence-electron chi connectivity index (χ0n) is 17.0. The minimum absolute atomic E-state index is 0.0906. The van der Waals surface area contributed by atoms with Gasteiger partial charge in [-0.1, -0.05) is 36.0 Å². The highest BCUT2D eigenvalue weighted by Gasteiger charge is 2.21. The standard InChI is InChI=1S/C23H17N3O4S2/c1-13(27)15-9-18-19(30-12-29-18)10-17(15)24-21(28)11-32-23-14-5-2-3-6-16(14)25-22(26-23)20-7-4-8-31-20/h2-10H,11-12H2,1H3,(H,24,28). The number of benzene rings is 2. The summed E-state index contributed by atoms with van der Waals surface area (Å²) in [6.07, 6.45) is 0. The van der Waals surface area contributed by atoms with Crippen LogP contribution in [0.3, 0.4) is 0 Å². The number of hydrogen-bond donors (Lipinski definition) is 1. The van der Waals surface area contributed by atoms with Crippen molar-refractivity contribution in [3.63, 3.8) is 0 Å². The predicted octanol–water partition coefficient (Wildman–Crippen LogP) is 5.02. The van der Waals surface area contributed by atoms with Gasteiger partial charge in [0.2, 0.25) is 12.7 Å². The van der Waals surface area contributed by atoms with E-state index >= 15 is 0 Å². The van der Waals surface area contributed by atoms with Crippen LogP contribution in [0.2, 0.25) is 0 Å². The third kappa shape index (κ3) is 4.04. The maximum atomic E-state index is 12.8. The number of thiophene rings is 1. The molecule has 0 bridgehead atoms. The average molecular weight is 464 g/mol. The number of carbonyl (C=O) groups is 2. The molecule has 0 saturated carbocycles. The Kier molecular flexibility index (Phi) is 5.50. The second-order valence-corrected chi connectivity index (χ2v) is 8.90. The molecular formula is C23H17N3O4S2. The Labute approximate surface area is 191 Å². The number of aromatic nitrogens is 2. The van der Waals surface area contributed by atoms with Gasteiger partial charge in [0, 0.05) is 17.0 Å². The van der Waals surface area contributed by atoms with Gasteiger partial charge in [0.1, 0.15) is 5.03 Å². The normalized spacial score (nSPS) is 12.2. The molecule has 1 amide bonds. The number of carbonyl (C=O) groups excluding carboxylic acids is 2. The summed E-state index contributed by atoms with van der Waals surface area (Å²) < 4.78 is 10.7. The van der Waals surface area contributed by atoms with Crippen LogP contribution in [0, 0.1) is 0 Å². The summed E-state index contributed by atoms with van der Waals surface area (Å²) >= 11 is 2.89. The number of ether oxygens (including phenoxy) is 2. The monoisotopic (exact) mass is 463 g/mol. The van der Waals surface area contributed by atoms with Gasteiger partial charge in [-0.25, -0.2) is 9.97 Å². The quantitative estimate of drug-likeness (QED) is 0.244. The Morgan fingerprint density at radius 3 is 2.69 bits per heavy atom. The molecular weight excluding hydrogens is 446 g/mol. The van der Waals surface area contributed by atoms with E-state index in [1.54, 1.807) is 23.5 Å². The van der Waals surface area contributed by atoms with Crippen LogP contribution in [0.25, 0.3) is 21.6 Å². The van der Waals surface area contributed by atoms with E-state index in [4.69, 9.17) is 14.5 Å². The van der Waals surface area contributed by atoms with Gasteiger partial charge in [-0.15, -0.1) is 11.3 Å². The van der Waals surface area contributed by atoms with Crippen LogP contribution in [0.15, 0.2) is 58.9 Å². The summed E-state index contributed by atoms with van der Waals surface area (Å²) in [5.41, 5.74) is 1.60. The van der Waals surface area contributed by atoms with Crippen molar-refractivity contribution >= 4 is 51.4 Å². The van der Waals surface area contributed by atoms with E-state index in [9.17, 15) is 9.59 Å². The second-order valence-electron chi connectivity index (χ2n) is 6.99. The molecule has 0 radical (unpaired) electrons. The number of thioether (sulfide) groups is 1. The van der Waals surface area contributed by atoms with Crippen LogP contribution in [-0.2, 0) is 4.79 Å². The molecule has 32 heavy (non-hydrogen) atoms. The van der Waals surface area contributed by atoms with E-state index < -0.39 is 0 Å². The average Bonchev–Trinajstić information content (AvgIpc) is 3.48. The van der Waals surface area contributed by atoms with Crippen LogP contribution >= 0.6 is 23.1 Å². The fourth-order valence-electron chi connectivity index (χ4n) is 3.33. The maximum absolute atomic E-state index is 12.8. The van der Waals surface area contributed by atoms with Crippen molar-refractivity contribution in [2.75, 3.05) is 17.9 Å². The van der Waals surface area contributed by atoms with Crippen molar-refractivity contribution < 1.29 is 19.1 Å². The van der Waals surface area contributed by atoms with Gasteiger partial charge in [-0.2, -0.15) is 0 Å². The Bertz CT molecular complexity index is 1340. The van der Waals surface area contributed by atoms with E-state index in [0.717, 1.165) is 20.8 Å². The smallest absolute Gasteiger partial charge is 0.234 e. The van der Waals surface area contributed by atoms with E-state index in [1.807, 2.05) is 41.8 Å². The predicted molar refractivity (Wildman–Crippen MR) is 125 cm³/mol. The minimum Gasteiger partial charge on any atom is -0.454 e. The fourth-order valence-corrected chi connectivity index (χ4v) is 4.81. The Morgan fingerprint density at radius 1 is 1.09 bits per heavy atom. The van der Waals surface area contributed by atoms with E-state index in [1.165, 1.54) is 18.7 Å². The number of para-hydroxylation sites is 1. The molecule has 160 valence electrons. The fraction of sp³-hybridized carbons (Fsp3) is 0.130. The molecule has 2 aromatic heterocycles. The molecule has 7 nitrogen and oxygen atoms in total. The van der Waals surface area contributed by atoms with Crippen LogP contribution in [0.1, 0.15) is 17.3 Å². The van der Waals surface area contributed by atoms with Crippen molar-refractivity contribution in [3.05, 3.63) is 59.5 Å². The number of anilines is 1. The first-order valence-corrected chi connectivity index (χ1v) is 11.6. The van der Waals surface area contributed by atoms with Crippen molar-refractivity contribution in [2.24, 2.45) is 0 Å². The van der Waals surface area contributed by atoms with E-state index in [2.05, 4.69) is 10.3 Å². The molecule has 1 aliphatic rings. The molecule has 0 unspecified atom stereocenters. The minimum atomic E-state index is -0.253. The van der Waals surface area contributed by atoms with Gasteiger partial charge in [-0.3, -0.25) is 9.59 Å². The highest BCUT2D eigenvalue weighted by atomic mass is 32.2. The number of hydrogen-bond acceptors (Lipinski definition) is 8. The molecule has 2 aromatic carbocycles. The summed E-state index contributed by atoms with van der Waals surface area (Å²) in [5, 5.41) is 6.42. The van der Waals surface area contributed by atoms with Gasteiger partial charge in [0.15, 0.2) is 23.1 Å². The lowest BCUT2D eigenvalue weighted by Gasteiger charge is -2.11. The zero-order valence-corrected chi connectivity index (χ0v) is 18.6. The highest BCUT2D eigenvalue weighted by molar-refractivity contribution is 8.00. The largest absolute Gasteiger partial charge is 0.454 e. The number of ketones is 1. The van der Waals surface area contributed by atoms with Crippen LogP contribution < -0.4 is 14.8 Å². The van der Waals surface area contributed by atoms with E-state index in [-0.39, 0.29) is 24.2 Å². The number of nitrogens with one attached hydrogen (secondary N) is 1. The van der Waals surface area contributed by atoms with Crippen molar-refractivity contribution in [1.29, 1.82) is 0 Å². The molecule has 0 spiro atoms. The number of fused-ring (bicyclic) bond motifs is 2. The maximum Gasteiger partial charge on any atom is 0.234 e. The first-order valence-electron chi connectivity index (χ1n) is 9.76. The Hall–Kier alpha value is -3.43. The van der Waals surface area contributed by atoms with Crippen LogP contribution in [-0.4, -0.2) is 34.2 Å². The van der Waals surface area contributed by atoms with Gasteiger partial charge in [-0.05, 0) is 30.5 Å². The van der Waals surface area contributed by atoms with Gasteiger partial charge in [0.25, 0.3) is 0 Å². The molecule has 0 saturated heterocycles. The Morgan fingerprint density at radius 2 is 1.91 bits per heavy atom. The number of amides is 1. The number of nitrogens with zero attached hydrogens (tertiary/aromatic N) is 2. The lowest BCUT2D eigenvalue weighted by Crippen LogP contribution is -2.16. The van der Waals surface area contributed by atoms with Gasteiger partial charge in [0.05, 0.1) is 21.8 Å². The SMILES string of the molecule is CC(=O)c1cc2c(cc1NC(=O)CSc1nc(-c3cccs3)nc3ccccc13)OCO2. The highest BCUT2D eigenvalue weighted by Crippen LogP contribution is 2.37. The second kappa shape index (κ2) is 8.60. The van der Waals surface area contributed by atoms with Crippen LogP contribution in [0.4, 0.5) is 5.69 Å². The molecule has 9 heteroatoms. The van der Waals surface area contributed by atoms with Crippen molar-refractivity contribution in [3.8, 4) is 22.2 Å². The van der Waals surface area contributed by atoms with Crippen molar-refractivity contribution in [1.82, 2.24) is 9.97 Å². The number of Topliss-reactive ketones (excluding diaryl/α,β-unsaturated/α-hetero) is 1. The molecule has 1 aliphatic heterocycles. The summed E-state index contributed by atoms with van der Waals surface area (Å²) in [6.45, 7) is 1.54. The molecule has 5 rings (SSSR count). The van der Waals surface area contributed by atoms with Crippen molar-refractivity contribution in [2.45, 2.75) is 11.9 Å². The molecule has 3 heterocycles. The molecule has 0 fully saturated rings. The Balaban J connectivity index is 1.39. The lowest BCUT2D eigenvalue weighted by atomic mass is 10.1. The summed E-state index contributed by atoms with van der Waals surface area (Å²) in [4.78, 5) is 35.1. The third-order valence-corrected chi connectivity index (χ3v) is 6.67. The molecule has 0 aliphatic carbocycles. The number of rotatable bonds is 6. The molecule has 1 N–H and O–H groups in total. The first kappa shape index (κ1) is 20.5. The summed E-state index contributed by atoms with van der Waals surface area (Å²) in [7, 11) is 0. The van der Waals surface area contributed by atoms with E-state index in [0.29, 0.717) is 28.6 Å².